The first-order chi connectivity index (χ1) is 31.9. The van der Waals surface area contributed by atoms with E-state index in [4.69, 9.17) is 2.74 Å². The minimum absolute atomic E-state index is 0.0181. The fraction of sp³-hybridized carbons (Fsp3) is 0.0169. The van der Waals surface area contributed by atoms with Gasteiger partial charge in [-0.05, 0) is 109 Å². The molecule has 1 heterocycles. The minimum atomic E-state index is -1.07. The molecule has 2 aliphatic carbocycles. The van der Waals surface area contributed by atoms with Crippen molar-refractivity contribution < 1.29 is 5.48 Å². The third-order valence-electron chi connectivity index (χ3n) is 13.1. The Kier molecular flexibility index (Phi) is 6.44. The highest BCUT2D eigenvalue weighted by Gasteiger charge is 2.50. The van der Waals surface area contributed by atoms with Crippen molar-refractivity contribution in [3.8, 4) is 39.1 Å². The van der Waals surface area contributed by atoms with E-state index in [0.29, 0.717) is 11.1 Å². The van der Waals surface area contributed by atoms with Crippen molar-refractivity contribution >= 4 is 49.6 Å². The maximum Gasteiger partial charge on any atom is 0.0726 e. The predicted octanol–water partition coefficient (Wildman–Crippen LogP) is 15.4. The van der Waals surface area contributed by atoms with Crippen LogP contribution in [-0.4, -0.2) is 4.57 Å². The van der Waals surface area contributed by atoms with Crippen molar-refractivity contribution in [3.63, 3.8) is 0 Å². The summed E-state index contributed by atoms with van der Waals surface area (Å²) >= 11 is 0. The van der Waals surface area contributed by atoms with Crippen LogP contribution in [0, 0.1) is 0 Å². The molecule has 2 nitrogen and oxygen atoms in total. The molecular weight excluding hydrogens is 737 g/mol. The molecule has 1 spiro atoms. The Hall–Kier alpha value is -7.94. The largest absolute Gasteiger partial charge is 0.310 e. The van der Waals surface area contributed by atoms with E-state index < -0.39 is 5.41 Å². The van der Waals surface area contributed by atoms with Crippen LogP contribution < -0.4 is 4.90 Å². The quantitative estimate of drug-likeness (QED) is 0.169. The fourth-order valence-corrected chi connectivity index (χ4v) is 10.7. The summed E-state index contributed by atoms with van der Waals surface area (Å²) in [4.78, 5) is 2.35. The van der Waals surface area contributed by atoms with Crippen molar-refractivity contribution in [2.45, 2.75) is 5.41 Å². The van der Waals surface area contributed by atoms with Crippen LogP contribution in [0.25, 0.3) is 71.6 Å². The second kappa shape index (κ2) is 13.0. The van der Waals surface area contributed by atoms with Crippen LogP contribution >= 0.6 is 0 Å². The zero-order valence-corrected chi connectivity index (χ0v) is 33.0. The standard InChI is InChI=1S/C59H38N2/c1-3-17-39(18-4-1)44-23-9-13-31-55(44)60(43-34-36-49-48-26-10-14-32-56(48)61(57(49)38-43)41-21-5-2-6-22-41)42-33-35-47-45-24-7-11-28-51(45)59(54(47)37-42)52-29-12-8-25-46(52)50-27-15-19-40-20-16-30-53(59)58(40)50/h1-38H/i7D,11D,24D,28D. The van der Waals surface area contributed by atoms with Gasteiger partial charge in [0.25, 0.3) is 0 Å². The van der Waals surface area contributed by atoms with Crippen LogP contribution in [0.1, 0.15) is 27.7 Å². The molecule has 0 saturated carbocycles. The van der Waals surface area contributed by atoms with Crippen molar-refractivity contribution in [1.29, 1.82) is 0 Å². The van der Waals surface area contributed by atoms with Gasteiger partial charge in [-0.1, -0.05) is 182 Å². The van der Waals surface area contributed by atoms with Crippen molar-refractivity contribution in [2.75, 3.05) is 4.90 Å². The molecule has 61 heavy (non-hydrogen) atoms. The highest BCUT2D eigenvalue weighted by molar-refractivity contribution is 6.11. The van der Waals surface area contributed by atoms with Crippen LogP contribution in [0.2, 0.25) is 0 Å². The molecule has 1 aromatic heterocycles. The Balaban J connectivity index is 1.16. The molecule has 11 aromatic rings. The molecule has 0 N–H and O–H groups in total. The van der Waals surface area contributed by atoms with Gasteiger partial charge in [-0.2, -0.15) is 0 Å². The van der Waals surface area contributed by atoms with Gasteiger partial charge in [-0.15, -0.1) is 0 Å². The Morgan fingerprint density at radius 2 is 1.05 bits per heavy atom. The molecule has 2 heteroatoms. The molecule has 284 valence electrons. The summed E-state index contributed by atoms with van der Waals surface area (Å²) in [7, 11) is 0. The first kappa shape index (κ1) is 30.2. The zero-order chi connectivity index (χ0) is 43.6. The molecule has 10 aromatic carbocycles. The summed E-state index contributed by atoms with van der Waals surface area (Å²) in [5.41, 5.74) is 14.3. The third-order valence-corrected chi connectivity index (χ3v) is 13.1. The number of anilines is 3. The second-order valence-corrected chi connectivity index (χ2v) is 16.1. The lowest BCUT2D eigenvalue weighted by Gasteiger charge is -2.40. The van der Waals surface area contributed by atoms with Gasteiger partial charge in [-0.3, -0.25) is 0 Å². The lowest BCUT2D eigenvalue weighted by molar-refractivity contribution is 0.773. The Morgan fingerprint density at radius 1 is 0.410 bits per heavy atom. The smallest absolute Gasteiger partial charge is 0.0726 e. The van der Waals surface area contributed by atoms with Crippen LogP contribution in [0.15, 0.2) is 230 Å². The van der Waals surface area contributed by atoms with Crippen LogP contribution in [0.4, 0.5) is 17.1 Å². The van der Waals surface area contributed by atoms with E-state index in [9.17, 15) is 2.74 Å². The highest BCUT2D eigenvalue weighted by atomic mass is 15.1. The molecule has 13 rings (SSSR count). The number of para-hydroxylation sites is 3. The van der Waals surface area contributed by atoms with Gasteiger partial charge in [0.1, 0.15) is 0 Å². The Labute approximate surface area is 360 Å². The molecule has 1 unspecified atom stereocenters. The lowest BCUT2D eigenvalue weighted by atomic mass is 9.61. The first-order valence-electron chi connectivity index (χ1n) is 22.9. The average molecular weight is 779 g/mol. The Morgan fingerprint density at radius 3 is 1.93 bits per heavy atom. The fourth-order valence-electron chi connectivity index (χ4n) is 10.7. The molecule has 1 atom stereocenters. The second-order valence-electron chi connectivity index (χ2n) is 16.1. The predicted molar refractivity (Wildman–Crippen MR) is 255 cm³/mol. The van der Waals surface area contributed by atoms with Crippen LogP contribution in [0.5, 0.6) is 0 Å². The van der Waals surface area contributed by atoms with E-state index in [1.807, 2.05) is 6.07 Å². The molecular formula is C59H38N2. The molecule has 0 fully saturated rings. The third kappa shape index (κ3) is 4.73. The number of hydrogen-bond donors (Lipinski definition) is 0. The molecule has 0 amide bonds. The molecule has 0 radical (unpaired) electrons. The number of rotatable bonds is 5. The molecule has 0 bridgehead atoms. The zero-order valence-electron chi connectivity index (χ0n) is 37.0. The average Bonchev–Trinajstić information content (AvgIpc) is 3.85. The van der Waals surface area contributed by atoms with Crippen molar-refractivity contribution in [2.24, 2.45) is 0 Å². The van der Waals surface area contributed by atoms with Crippen LogP contribution in [-0.2, 0) is 5.41 Å². The summed E-state index contributed by atoms with van der Waals surface area (Å²) in [5.74, 6) is 0. The maximum atomic E-state index is 9.81. The minimum Gasteiger partial charge on any atom is -0.310 e. The molecule has 2 aliphatic rings. The van der Waals surface area contributed by atoms with Gasteiger partial charge in [0, 0.05) is 33.4 Å². The van der Waals surface area contributed by atoms with E-state index >= 15 is 0 Å². The van der Waals surface area contributed by atoms with E-state index in [-0.39, 0.29) is 24.2 Å². The highest BCUT2D eigenvalue weighted by Crippen LogP contribution is 2.62. The van der Waals surface area contributed by atoms with Gasteiger partial charge in [-0.25, -0.2) is 0 Å². The summed E-state index contributed by atoms with van der Waals surface area (Å²) < 4.78 is 39.9. The topological polar surface area (TPSA) is 8.17 Å². The normalized spacial score (nSPS) is 15.5. The van der Waals surface area contributed by atoms with Crippen LogP contribution in [0.3, 0.4) is 0 Å². The van der Waals surface area contributed by atoms with Gasteiger partial charge in [0.05, 0.1) is 27.6 Å². The lowest BCUT2D eigenvalue weighted by Crippen LogP contribution is -2.32. The van der Waals surface area contributed by atoms with E-state index in [2.05, 4.69) is 210 Å². The summed E-state index contributed by atoms with van der Waals surface area (Å²) in [6.07, 6.45) is 0. The van der Waals surface area contributed by atoms with Crippen molar-refractivity contribution in [1.82, 2.24) is 4.57 Å². The summed E-state index contributed by atoms with van der Waals surface area (Å²) in [5, 5.41) is 4.51. The summed E-state index contributed by atoms with van der Waals surface area (Å²) in [6, 6.07) is 72.2. The number of nitrogens with zero attached hydrogens (tertiary/aromatic N) is 2. The van der Waals surface area contributed by atoms with Crippen molar-refractivity contribution in [3.05, 3.63) is 253 Å². The summed E-state index contributed by atoms with van der Waals surface area (Å²) in [6.45, 7) is 0. The molecule has 0 aliphatic heterocycles. The van der Waals surface area contributed by atoms with Gasteiger partial charge < -0.3 is 9.47 Å². The number of aromatic nitrogens is 1. The first-order valence-corrected chi connectivity index (χ1v) is 20.9. The van der Waals surface area contributed by atoms with E-state index in [1.54, 1.807) is 0 Å². The van der Waals surface area contributed by atoms with E-state index in [0.717, 1.165) is 94.4 Å². The molecule has 0 saturated heterocycles. The maximum absolute atomic E-state index is 9.81. The number of hydrogen-bond acceptors (Lipinski definition) is 1. The van der Waals surface area contributed by atoms with Gasteiger partial charge in [0.2, 0.25) is 0 Å². The van der Waals surface area contributed by atoms with Gasteiger partial charge in [0.15, 0.2) is 0 Å². The number of benzene rings is 10. The monoisotopic (exact) mass is 778 g/mol. The Bertz CT molecular complexity index is 3780. The van der Waals surface area contributed by atoms with Gasteiger partial charge >= 0.3 is 0 Å². The number of fused-ring (bicyclic) bond motifs is 12. The SMILES string of the molecule is [2H]c1c([2H])c([2H])c2c(c1[2H])-c1ccc(N(c3ccc4c5ccccc5n(-c5ccccc5)c4c3)c3ccccc3-c3ccccc3)cc1C21c2ccccc2-c2cccc3cccc1c23. The van der Waals surface area contributed by atoms with E-state index in [1.165, 1.54) is 5.39 Å².